The molecule has 0 radical (unpaired) electrons. The Kier molecular flexibility index (Phi) is 2.84. The number of nitriles is 1. The fourth-order valence-electron chi connectivity index (χ4n) is 2.52. The van der Waals surface area contributed by atoms with Crippen LogP contribution in [0.3, 0.4) is 0 Å². The third kappa shape index (κ3) is 1.74. The molecule has 0 N–H and O–H groups in total. The predicted octanol–water partition coefficient (Wildman–Crippen LogP) is 3.28. The molecular weight excluding hydrogens is 260 g/mol. The molecule has 0 bridgehead atoms. The Morgan fingerprint density at radius 2 is 2.00 bits per heavy atom. The van der Waals surface area contributed by atoms with E-state index in [9.17, 15) is 5.26 Å². The van der Waals surface area contributed by atoms with Gasteiger partial charge in [-0.2, -0.15) is 5.26 Å². The molecule has 4 nitrogen and oxygen atoms in total. The lowest BCUT2D eigenvalue weighted by molar-refractivity contribution is 0.689. The molecule has 5 heteroatoms. The van der Waals surface area contributed by atoms with Crippen molar-refractivity contribution < 1.29 is 0 Å². The van der Waals surface area contributed by atoms with Crippen LogP contribution in [0.15, 0.2) is 36.7 Å². The molecule has 0 saturated heterocycles. The molecule has 19 heavy (non-hydrogen) atoms. The van der Waals surface area contributed by atoms with Gasteiger partial charge in [0.1, 0.15) is 17.9 Å². The minimum atomic E-state index is -0.296. The average molecular weight is 271 g/mol. The van der Waals surface area contributed by atoms with Crippen molar-refractivity contribution in [3.63, 3.8) is 0 Å². The SMILES string of the molecule is CC1C(C#N)c2ncnc(Cl)c2N1c1ccccc1. The van der Waals surface area contributed by atoms with E-state index in [1.807, 2.05) is 42.2 Å². The molecule has 3 rings (SSSR count). The Morgan fingerprint density at radius 1 is 1.26 bits per heavy atom. The lowest BCUT2D eigenvalue weighted by Gasteiger charge is -2.25. The molecule has 1 aromatic carbocycles. The molecule has 0 fully saturated rings. The normalized spacial score (nSPS) is 21.0. The molecular formula is C14H11ClN4. The number of aromatic nitrogens is 2. The van der Waals surface area contributed by atoms with E-state index in [1.54, 1.807) is 0 Å². The third-order valence-electron chi connectivity index (χ3n) is 3.40. The standard InChI is InChI=1S/C14H11ClN4/c1-9-11(7-16)12-13(14(15)18-8-17-12)19(9)10-5-3-2-4-6-10/h2-6,8-9,11H,1H3. The topological polar surface area (TPSA) is 52.8 Å². The van der Waals surface area contributed by atoms with Crippen LogP contribution >= 0.6 is 11.6 Å². The highest BCUT2D eigenvalue weighted by Crippen LogP contribution is 2.46. The zero-order valence-electron chi connectivity index (χ0n) is 10.3. The summed E-state index contributed by atoms with van der Waals surface area (Å²) in [5.41, 5.74) is 2.44. The molecule has 2 heterocycles. The number of para-hydroxylation sites is 1. The summed E-state index contributed by atoms with van der Waals surface area (Å²) in [6, 6.07) is 12.1. The van der Waals surface area contributed by atoms with E-state index in [0.717, 1.165) is 11.4 Å². The van der Waals surface area contributed by atoms with E-state index in [0.29, 0.717) is 10.8 Å². The van der Waals surface area contributed by atoms with Crippen molar-refractivity contribution in [2.45, 2.75) is 18.9 Å². The van der Waals surface area contributed by atoms with E-state index in [-0.39, 0.29) is 12.0 Å². The molecule has 0 amide bonds. The van der Waals surface area contributed by atoms with E-state index >= 15 is 0 Å². The van der Waals surface area contributed by atoms with Gasteiger partial charge >= 0.3 is 0 Å². The van der Waals surface area contributed by atoms with E-state index in [4.69, 9.17) is 11.6 Å². The van der Waals surface area contributed by atoms with Gasteiger partial charge in [-0.1, -0.05) is 29.8 Å². The summed E-state index contributed by atoms with van der Waals surface area (Å²) < 4.78 is 0. The molecule has 2 unspecified atom stereocenters. The van der Waals surface area contributed by atoms with Gasteiger partial charge < -0.3 is 4.90 Å². The summed E-state index contributed by atoms with van der Waals surface area (Å²) in [6.45, 7) is 2.00. The van der Waals surface area contributed by atoms with Crippen LogP contribution in [0, 0.1) is 11.3 Å². The van der Waals surface area contributed by atoms with Gasteiger partial charge in [0.05, 0.1) is 17.8 Å². The van der Waals surface area contributed by atoms with Gasteiger partial charge in [0, 0.05) is 5.69 Å². The van der Waals surface area contributed by atoms with Crippen LogP contribution in [0.4, 0.5) is 11.4 Å². The van der Waals surface area contributed by atoms with E-state index in [2.05, 4.69) is 16.0 Å². The first-order valence-corrected chi connectivity index (χ1v) is 6.36. The summed E-state index contributed by atoms with van der Waals surface area (Å²) in [7, 11) is 0. The number of fused-ring (bicyclic) bond motifs is 1. The number of halogens is 1. The molecule has 0 spiro atoms. The summed E-state index contributed by atoms with van der Waals surface area (Å²) in [4.78, 5) is 10.3. The third-order valence-corrected chi connectivity index (χ3v) is 3.68. The Hall–Kier alpha value is -2.12. The van der Waals surface area contributed by atoms with Gasteiger partial charge in [0.15, 0.2) is 5.15 Å². The van der Waals surface area contributed by atoms with Crippen LogP contribution in [0.1, 0.15) is 18.5 Å². The summed E-state index contributed by atoms with van der Waals surface area (Å²) in [5.74, 6) is -0.296. The van der Waals surface area contributed by atoms with Crippen LogP contribution in [-0.2, 0) is 0 Å². The number of hydrogen-bond acceptors (Lipinski definition) is 4. The lowest BCUT2D eigenvalue weighted by Crippen LogP contribution is -2.26. The maximum Gasteiger partial charge on any atom is 0.156 e. The van der Waals surface area contributed by atoms with Gasteiger partial charge in [0.2, 0.25) is 0 Å². The van der Waals surface area contributed by atoms with Crippen molar-refractivity contribution in [1.82, 2.24) is 9.97 Å². The van der Waals surface area contributed by atoms with E-state index < -0.39 is 0 Å². The molecule has 1 aliphatic rings. The fourth-order valence-corrected chi connectivity index (χ4v) is 2.75. The van der Waals surface area contributed by atoms with Crippen molar-refractivity contribution in [2.24, 2.45) is 0 Å². The zero-order chi connectivity index (χ0) is 13.4. The molecule has 1 aromatic heterocycles. The van der Waals surface area contributed by atoms with Crippen LogP contribution in [0.25, 0.3) is 0 Å². The number of nitrogens with zero attached hydrogens (tertiary/aromatic N) is 4. The first-order chi connectivity index (χ1) is 9.24. The van der Waals surface area contributed by atoms with Crippen molar-refractivity contribution in [3.8, 4) is 6.07 Å². The lowest BCUT2D eigenvalue weighted by atomic mass is 10.0. The molecule has 2 atom stereocenters. The highest BCUT2D eigenvalue weighted by molar-refractivity contribution is 6.32. The Bertz CT molecular complexity index is 650. The van der Waals surface area contributed by atoms with Gasteiger partial charge in [-0.25, -0.2) is 9.97 Å². The number of hydrogen-bond donors (Lipinski definition) is 0. The van der Waals surface area contributed by atoms with Gasteiger partial charge in [-0.05, 0) is 19.1 Å². The average Bonchev–Trinajstić information content (AvgIpc) is 2.73. The Morgan fingerprint density at radius 3 is 2.68 bits per heavy atom. The van der Waals surface area contributed by atoms with Crippen molar-refractivity contribution in [3.05, 3.63) is 47.5 Å². The van der Waals surface area contributed by atoms with Gasteiger partial charge in [-0.15, -0.1) is 0 Å². The monoisotopic (exact) mass is 270 g/mol. The van der Waals surface area contributed by atoms with Crippen LogP contribution in [0.5, 0.6) is 0 Å². The van der Waals surface area contributed by atoms with Crippen molar-refractivity contribution in [2.75, 3.05) is 4.90 Å². The quantitative estimate of drug-likeness (QED) is 0.746. The second-order valence-electron chi connectivity index (χ2n) is 4.45. The van der Waals surface area contributed by atoms with Crippen molar-refractivity contribution >= 4 is 23.0 Å². The highest BCUT2D eigenvalue weighted by atomic mass is 35.5. The van der Waals surface area contributed by atoms with E-state index in [1.165, 1.54) is 6.33 Å². The number of benzene rings is 1. The van der Waals surface area contributed by atoms with Gasteiger partial charge in [-0.3, -0.25) is 0 Å². The number of anilines is 2. The van der Waals surface area contributed by atoms with Crippen LogP contribution in [0.2, 0.25) is 5.15 Å². The molecule has 0 saturated carbocycles. The summed E-state index contributed by atoms with van der Waals surface area (Å²) in [5, 5.41) is 9.75. The smallest absolute Gasteiger partial charge is 0.156 e. The Balaban J connectivity index is 2.21. The zero-order valence-corrected chi connectivity index (χ0v) is 11.0. The van der Waals surface area contributed by atoms with Gasteiger partial charge in [0.25, 0.3) is 0 Å². The fraction of sp³-hybridized carbons (Fsp3) is 0.214. The summed E-state index contributed by atoms with van der Waals surface area (Å²) >= 11 is 6.20. The second-order valence-corrected chi connectivity index (χ2v) is 4.81. The number of rotatable bonds is 1. The Labute approximate surface area is 116 Å². The molecule has 1 aliphatic heterocycles. The molecule has 2 aromatic rings. The van der Waals surface area contributed by atoms with Crippen molar-refractivity contribution in [1.29, 1.82) is 5.26 Å². The molecule has 0 aliphatic carbocycles. The molecule has 94 valence electrons. The highest BCUT2D eigenvalue weighted by Gasteiger charge is 2.39. The first kappa shape index (κ1) is 11.9. The van der Waals surface area contributed by atoms with Crippen LogP contribution in [-0.4, -0.2) is 16.0 Å². The maximum absolute atomic E-state index is 9.36. The summed E-state index contributed by atoms with van der Waals surface area (Å²) in [6.07, 6.45) is 1.41. The first-order valence-electron chi connectivity index (χ1n) is 5.98. The second kappa shape index (κ2) is 4.52. The van der Waals surface area contributed by atoms with Crippen LogP contribution < -0.4 is 4.90 Å². The minimum absolute atomic E-state index is 0.0170. The maximum atomic E-state index is 9.36. The largest absolute Gasteiger partial charge is 0.333 e. The predicted molar refractivity (Wildman–Crippen MR) is 73.4 cm³/mol. The minimum Gasteiger partial charge on any atom is -0.333 e.